The van der Waals surface area contributed by atoms with Crippen LogP contribution >= 0.6 is 27.5 Å². The van der Waals surface area contributed by atoms with Crippen molar-refractivity contribution in [3.63, 3.8) is 0 Å². The molecule has 0 aromatic carbocycles. The molecule has 1 aromatic heterocycles. The Kier molecular flexibility index (Phi) is 8.27. The van der Waals surface area contributed by atoms with E-state index in [-0.39, 0.29) is 0 Å². The van der Waals surface area contributed by atoms with E-state index in [9.17, 15) is 0 Å². The average Bonchev–Trinajstić information content (AvgIpc) is 2.43. The molecule has 0 radical (unpaired) electrons. The minimum atomic E-state index is 0.986. The van der Waals surface area contributed by atoms with Gasteiger partial charge in [-0.3, -0.25) is 4.34 Å². The Hall–Kier alpha value is 0.140. The molecule has 0 bridgehead atoms. The molecule has 0 aliphatic heterocycles. The first kappa shape index (κ1) is 9.14. The molecule has 0 aliphatic rings. The van der Waals surface area contributed by atoms with Crippen LogP contribution in [0.15, 0.2) is 22.9 Å². The summed E-state index contributed by atoms with van der Waals surface area (Å²) in [4.78, 5) is 0. The summed E-state index contributed by atoms with van der Waals surface area (Å²) >= 11 is 4.71. The van der Waals surface area contributed by atoms with Gasteiger partial charge in [0.25, 0.3) is 0 Å². The van der Waals surface area contributed by atoms with Crippen molar-refractivity contribution in [1.29, 1.82) is 0 Å². The summed E-state index contributed by atoms with van der Waals surface area (Å²) in [7, 11) is 0. The van der Waals surface area contributed by atoms with E-state index in [2.05, 4.69) is 20.5 Å². The summed E-state index contributed by atoms with van der Waals surface area (Å²) in [6.07, 6.45) is 0. The molecule has 52 valence electrons. The Morgan fingerprint density at radius 1 is 1.44 bits per heavy atom. The van der Waals surface area contributed by atoms with Gasteiger partial charge in [0.1, 0.15) is 0 Å². The number of hydrogen-bond acceptors (Lipinski definition) is 2. The van der Waals surface area contributed by atoms with Crippen LogP contribution < -0.4 is 4.34 Å². The standard InChI is InChI=1S/C4H4S.C2H6BrN/c1-2-4-5-3-1;1-2-4-3/h1-4H;4H,2H2,1H3. The first-order valence-corrected chi connectivity index (χ1v) is 4.46. The maximum atomic E-state index is 3.00. The largest absolute Gasteiger partial charge is 0.256 e. The van der Waals surface area contributed by atoms with E-state index in [4.69, 9.17) is 0 Å². The van der Waals surface area contributed by atoms with Crippen molar-refractivity contribution in [3.8, 4) is 0 Å². The molecule has 0 spiro atoms. The summed E-state index contributed by atoms with van der Waals surface area (Å²) in [5, 5.41) is 4.08. The van der Waals surface area contributed by atoms with E-state index in [0.29, 0.717) is 0 Å². The van der Waals surface area contributed by atoms with Crippen molar-refractivity contribution in [2.75, 3.05) is 6.54 Å². The van der Waals surface area contributed by atoms with Gasteiger partial charge in [-0.25, -0.2) is 0 Å². The minimum absolute atomic E-state index is 0.986. The highest BCUT2D eigenvalue weighted by Crippen LogP contribution is 1.91. The van der Waals surface area contributed by atoms with Crippen molar-refractivity contribution < 1.29 is 0 Å². The second-order valence-electron chi connectivity index (χ2n) is 1.28. The lowest BCUT2D eigenvalue weighted by Gasteiger charge is -1.72. The normalized spacial score (nSPS) is 7.78. The zero-order valence-corrected chi connectivity index (χ0v) is 7.71. The van der Waals surface area contributed by atoms with E-state index in [0.717, 1.165) is 6.54 Å². The van der Waals surface area contributed by atoms with Gasteiger partial charge in [-0.05, 0) is 10.8 Å². The lowest BCUT2D eigenvalue weighted by atomic mass is 10.7. The molecule has 0 aliphatic carbocycles. The summed E-state index contributed by atoms with van der Waals surface area (Å²) < 4.78 is 2.74. The highest BCUT2D eigenvalue weighted by atomic mass is 79.9. The van der Waals surface area contributed by atoms with Crippen LogP contribution in [0.1, 0.15) is 6.92 Å². The molecule has 1 heterocycles. The molecule has 1 N–H and O–H groups in total. The number of rotatable bonds is 1. The zero-order chi connectivity index (χ0) is 6.95. The summed E-state index contributed by atoms with van der Waals surface area (Å²) in [6, 6.07) is 4.04. The maximum absolute atomic E-state index is 3.00. The molecule has 1 nitrogen and oxygen atoms in total. The van der Waals surface area contributed by atoms with Gasteiger partial charge < -0.3 is 0 Å². The fourth-order valence-electron chi connectivity index (χ4n) is 0.227. The molecule has 0 atom stereocenters. The van der Waals surface area contributed by atoms with Gasteiger partial charge >= 0.3 is 0 Å². The number of thiophene rings is 1. The molecule has 3 heteroatoms. The molecular weight excluding hydrogens is 198 g/mol. The molecule has 0 unspecified atom stereocenters. The monoisotopic (exact) mass is 207 g/mol. The van der Waals surface area contributed by atoms with Gasteiger partial charge in [-0.1, -0.05) is 19.1 Å². The first-order valence-electron chi connectivity index (χ1n) is 2.72. The summed E-state index contributed by atoms with van der Waals surface area (Å²) in [5.41, 5.74) is 0. The SMILES string of the molecule is CCNBr.c1ccsc1. The second kappa shape index (κ2) is 8.14. The molecule has 0 saturated carbocycles. The fourth-order valence-corrected chi connectivity index (χ4v) is 0.680. The van der Waals surface area contributed by atoms with Gasteiger partial charge in [0, 0.05) is 22.7 Å². The van der Waals surface area contributed by atoms with Crippen LogP contribution in [0.3, 0.4) is 0 Å². The Morgan fingerprint density at radius 2 is 1.89 bits per heavy atom. The van der Waals surface area contributed by atoms with Crippen LogP contribution in [-0.2, 0) is 0 Å². The van der Waals surface area contributed by atoms with Gasteiger partial charge in [0.05, 0.1) is 0 Å². The second-order valence-corrected chi connectivity index (χ2v) is 2.66. The predicted octanol–water partition coefficient (Wildman–Crippen LogP) is 2.65. The maximum Gasteiger partial charge on any atom is 0.00874 e. The van der Waals surface area contributed by atoms with E-state index >= 15 is 0 Å². The lowest BCUT2D eigenvalue weighted by molar-refractivity contribution is 1.05. The Bertz CT molecular complexity index is 88.6. The van der Waals surface area contributed by atoms with Crippen LogP contribution in [0.2, 0.25) is 0 Å². The molecule has 9 heavy (non-hydrogen) atoms. The Morgan fingerprint density at radius 3 is 2.00 bits per heavy atom. The third-order valence-corrected chi connectivity index (χ3v) is 1.75. The van der Waals surface area contributed by atoms with E-state index in [1.807, 2.05) is 29.8 Å². The number of halogens is 1. The topological polar surface area (TPSA) is 12.0 Å². The Balaban J connectivity index is 0.000000148. The molecular formula is C6H10BrNS. The minimum Gasteiger partial charge on any atom is -0.256 e. The number of nitrogens with one attached hydrogen (secondary N) is 1. The van der Waals surface area contributed by atoms with Crippen molar-refractivity contribution in [1.82, 2.24) is 4.34 Å². The van der Waals surface area contributed by atoms with Crippen LogP contribution in [0.5, 0.6) is 0 Å². The van der Waals surface area contributed by atoms with E-state index in [1.165, 1.54) is 0 Å². The Labute approximate surface area is 68.4 Å². The quantitative estimate of drug-likeness (QED) is 0.699. The van der Waals surface area contributed by atoms with Crippen molar-refractivity contribution in [2.24, 2.45) is 0 Å². The van der Waals surface area contributed by atoms with Gasteiger partial charge in [0.15, 0.2) is 0 Å². The lowest BCUT2D eigenvalue weighted by Crippen LogP contribution is -1.90. The fraction of sp³-hybridized carbons (Fsp3) is 0.333. The van der Waals surface area contributed by atoms with Crippen LogP contribution in [0.25, 0.3) is 0 Å². The predicted molar refractivity (Wildman–Crippen MR) is 46.9 cm³/mol. The van der Waals surface area contributed by atoms with E-state index in [1.54, 1.807) is 11.3 Å². The summed E-state index contributed by atoms with van der Waals surface area (Å²) in [6.45, 7) is 3.01. The van der Waals surface area contributed by atoms with Crippen LogP contribution in [0, 0.1) is 0 Å². The summed E-state index contributed by atoms with van der Waals surface area (Å²) in [5.74, 6) is 0. The van der Waals surface area contributed by atoms with Crippen LogP contribution in [0.4, 0.5) is 0 Å². The molecule has 1 rings (SSSR count). The highest BCUT2D eigenvalue weighted by Gasteiger charge is 1.58. The van der Waals surface area contributed by atoms with Gasteiger partial charge in [-0.15, -0.1) is 0 Å². The molecule has 0 amide bonds. The van der Waals surface area contributed by atoms with Crippen molar-refractivity contribution >= 4 is 27.5 Å². The third-order valence-electron chi connectivity index (χ3n) is 0.559. The number of hydrogen-bond donors (Lipinski definition) is 1. The van der Waals surface area contributed by atoms with Gasteiger partial charge in [-0.2, -0.15) is 11.3 Å². The molecule has 1 aromatic rings. The van der Waals surface area contributed by atoms with Crippen molar-refractivity contribution in [3.05, 3.63) is 22.9 Å². The molecule has 0 saturated heterocycles. The first-order chi connectivity index (χ1) is 4.41. The van der Waals surface area contributed by atoms with Gasteiger partial charge in [0.2, 0.25) is 0 Å². The van der Waals surface area contributed by atoms with Crippen LogP contribution in [-0.4, -0.2) is 6.54 Å². The highest BCUT2D eigenvalue weighted by molar-refractivity contribution is 9.08. The van der Waals surface area contributed by atoms with Crippen molar-refractivity contribution in [2.45, 2.75) is 6.92 Å². The average molecular weight is 208 g/mol. The third kappa shape index (κ3) is 8.14. The van der Waals surface area contributed by atoms with E-state index < -0.39 is 0 Å². The smallest absolute Gasteiger partial charge is 0.00874 e. The molecule has 0 fully saturated rings. The zero-order valence-electron chi connectivity index (χ0n) is 5.30.